The van der Waals surface area contributed by atoms with E-state index in [0.717, 1.165) is 0 Å². The van der Waals surface area contributed by atoms with Gasteiger partial charge in [0.15, 0.2) is 0 Å². The Morgan fingerprint density at radius 1 is 1.05 bits per heavy atom. The van der Waals surface area contributed by atoms with Gasteiger partial charge in [-0.1, -0.05) is 64.3 Å². The molecule has 1 aromatic rings. The van der Waals surface area contributed by atoms with Crippen molar-refractivity contribution in [2.45, 2.75) is 65.3 Å². The molecule has 0 amide bonds. The molecule has 0 aliphatic heterocycles. The summed E-state index contributed by atoms with van der Waals surface area (Å²) in [7, 11) is 0. The number of hydrogen-bond acceptors (Lipinski definition) is 1. The third-order valence-corrected chi connectivity index (χ3v) is 5.59. The van der Waals surface area contributed by atoms with Crippen LogP contribution in [0.15, 0.2) is 24.3 Å². The monoisotopic (exact) mass is 271 g/mol. The van der Waals surface area contributed by atoms with Crippen LogP contribution in [-0.2, 0) is 6.42 Å². The van der Waals surface area contributed by atoms with Crippen LogP contribution in [0, 0.1) is 10.8 Å². The van der Waals surface area contributed by atoms with E-state index in [1.807, 2.05) is 0 Å². The van der Waals surface area contributed by atoms with E-state index in [0.29, 0.717) is 16.9 Å². The lowest BCUT2D eigenvalue weighted by atomic mass is 9.75. The molecule has 1 heteroatoms. The topological polar surface area (TPSA) is 12.0 Å². The number of benzene rings is 1. The molecule has 0 spiro atoms. The summed E-state index contributed by atoms with van der Waals surface area (Å²) in [5, 5.41) is 3.94. The number of nitrogens with one attached hydrogen (secondary N) is 1. The second-order valence-corrected chi connectivity index (χ2v) is 8.05. The van der Waals surface area contributed by atoms with Crippen LogP contribution in [0.4, 0.5) is 0 Å². The third-order valence-electron chi connectivity index (χ3n) is 5.59. The SMILES string of the molecule is CC1(CNC2c3ccccc3CC2(C)C)CCCCC1. The molecule has 0 saturated heterocycles. The fourth-order valence-corrected chi connectivity index (χ4v) is 4.31. The van der Waals surface area contributed by atoms with Crippen LogP contribution in [0.3, 0.4) is 0 Å². The van der Waals surface area contributed by atoms with E-state index in [-0.39, 0.29) is 0 Å². The Bertz CT molecular complexity index is 468. The van der Waals surface area contributed by atoms with Crippen molar-refractivity contribution in [3.8, 4) is 0 Å². The lowest BCUT2D eigenvalue weighted by Gasteiger charge is -2.37. The van der Waals surface area contributed by atoms with Crippen molar-refractivity contribution in [2.75, 3.05) is 6.54 Å². The first-order chi connectivity index (χ1) is 9.50. The van der Waals surface area contributed by atoms with Gasteiger partial charge in [-0.2, -0.15) is 0 Å². The van der Waals surface area contributed by atoms with Crippen molar-refractivity contribution in [3.63, 3.8) is 0 Å². The highest BCUT2D eigenvalue weighted by Gasteiger charge is 2.39. The van der Waals surface area contributed by atoms with Crippen LogP contribution >= 0.6 is 0 Å². The maximum Gasteiger partial charge on any atom is 0.0377 e. The largest absolute Gasteiger partial charge is 0.309 e. The van der Waals surface area contributed by atoms with Gasteiger partial charge in [0.2, 0.25) is 0 Å². The summed E-state index contributed by atoms with van der Waals surface area (Å²) in [6.45, 7) is 8.48. The van der Waals surface area contributed by atoms with E-state index < -0.39 is 0 Å². The zero-order valence-corrected chi connectivity index (χ0v) is 13.3. The average molecular weight is 271 g/mol. The van der Waals surface area contributed by atoms with Crippen molar-refractivity contribution in [1.29, 1.82) is 0 Å². The average Bonchev–Trinajstić information content (AvgIpc) is 2.67. The summed E-state index contributed by atoms with van der Waals surface area (Å²) in [6, 6.07) is 9.53. The normalized spacial score (nSPS) is 27.2. The van der Waals surface area contributed by atoms with E-state index in [2.05, 4.69) is 50.4 Å². The lowest BCUT2D eigenvalue weighted by Crippen LogP contribution is -2.39. The zero-order valence-electron chi connectivity index (χ0n) is 13.3. The van der Waals surface area contributed by atoms with Crippen LogP contribution < -0.4 is 5.32 Å². The van der Waals surface area contributed by atoms with Gasteiger partial charge in [-0.05, 0) is 41.2 Å². The molecular weight excluding hydrogens is 242 g/mol. The molecule has 2 aliphatic carbocycles. The summed E-state index contributed by atoms with van der Waals surface area (Å²) in [5.41, 5.74) is 3.95. The molecule has 110 valence electrons. The molecule has 20 heavy (non-hydrogen) atoms. The zero-order chi connectivity index (χ0) is 14.2. The van der Waals surface area contributed by atoms with Crippen LogP contribution in [0.1, 0.15) is 70.0 Å². The molecule has 1 aromatic carbocycles. The van der Waals surface area contributed by atoms with Crippen molar-refractivity contribution in [2.24, 2.45) is 10.8 Å². The molecular formula is C19H29N. The Morgan fingerprint density at radius 2 is 1.75 bits per heavy atom. The molecule has 0 aromatic heterocycles. The van der Waals surface area contributed by atoms with E-state index in [1.54, 1.807) is 5.56 Å². The molecule has 1 fully saturated rings. The van der Waals surface area contributed by atoms with Gasteiger partial charge in [-0.25, -0.2) is 0 Å². The van der Waals surface area contributed by atoms with Crippen LogP contribution in [0.2, 0.25) is 0 Å². The first kappa shape index (κ1) is 14.1. The summed E-state index contributed by atoms with van der Waals surface area (Å²) in [4.78, 5) is 0. The maximum atomic E-state index is 3.94. The van der Waals surface area contributed by atoms with Gasteiger partial charge in [-0.15, -0.1) is 0 Å². The highest BCUT2D eigenvalue weighted by molar-refractivity contribution is 5.37. The molecule has 0 radical (unpaired) electrons. The van der Waals surface area contributed by atoms with Gasteiger partial charge in [0, 0.05) is 12.6 Å². The van der Waals surface area contributed by atoms with Crippen LogP contribution in [0.5, 0.6) is 0 Å². The van der Waals surface area contributed by atoms with E-state index in [1.165, 1.54) is 50.6 Å². The van der Waals surface area contributed by atoms with Crippen molar-refractivity contribution < 1.29 is 0 Å². The predicted octanol–water partition coefficient (Wildman–Crippen LogP) is 4.87. The van der Waals surface area contributed by atoms with Crippen LogP contribution in [-0.4, -0.2) is 6.54 Å². The van der Waals surface area contributed by atoms with Crippen LogP contribution in [0.25, 0.3) is 0 Å². The minimum absolute atomic E-state index is 0.342. The molecule has 0 heterocycles. The predicted molar refractivity (Wildman–Crippen MR) is 85.9 cm³/mol. The Hall–Kier alpha value is -0.820. The van der Waals surface area contributed by atoms with Gasteiger partial charge in [-0.3, -0.25) is 0 Å². The highest BCUT2D eigenvalue weighted by Crippen LogP contribution is 2.46. The Labute approximate surface area is 124 Å². The Morgan fingerprint density at radius 3 is 2.50 bits per heavy atom. The summed E-state index contributed by atoms with van der Waals surface area (Å²) >= 11 is 0. The summed E-state index contributed by atoms with van der Waals surface area (Å²) in [6.07, 6.45) is 8.28. The van der Waals surface area contributed by atoms with Crippen molar-refractivity contribution in [1.82, 2.24) is 5.32 Å². The molecule has 3 rings (SSSR count). The lowest BCUT2D eigenvalue weighted by molar-refractivity contribution is 0.175. The van der Waals surface area contributed by atoms with E-state index >= 15 is 0 Å². The molecule has 0 bridgehead atoms. The van der Waals surface area contributed by atoms with Crippen molar-refractivity contribution in [3.05, 3.63) is 35.4 Å². The summed E-state index contributed by atoms with van der Waals surface area (Å²) in [5.74, 6) is 0. The molecule has 2 aliphatic rings. The summed E-state index contributed by atoms with van der Waals surface area (Å²) < 4.78 is 0. The van der Waals surface area contributed by atoms with Gasteiger partial charge in [0.25, 0.3) is 0 Å². The molecule has 1 unspecified atom stereocenters. The molecule has 1 N–H and O–H groups in total. The van der Waals surface area contributed by atoms with Gasteiger partial charge >= 0.3 is 0 Å². The van der Waals surface area contributed by atoms with Gasteiger partial charge in [0.05, 0.1) is 0 Å². The fourth-order valence-electron chi connectivity index (χ4n) is 4.31. The first-order valence-electron chi connectivity index (χ1n) is 8.31. The van der Waals surface area contributed by atoms with Crippen molar-refractivity contribution >= 4 is 0 Å². The Balaban J connectivity index is 1.73. The van der Waals surface area contributed by atoms with E-state index in [4.69, 9.17) is 0 Å². The fraction of sp³-hybridized carbons (Fsp3) is 0.684. The highest BCUT2D eigenvalue weighted by atomic mass is 15.0. The number of hydrogen-bond donors (Lipinski definition) is 1. The van der Waals surface area contributed by atoms with E-state index in [9.17, 15) is 0 Å². The second kappa shape index (κ2) is 5.18. The van der Waals surface area contributed by atoms with Gasteiger partial charge in [0.1, 0.15) is 0 Å². The minimum Gasteiger partial charge on any atom is -0.309 e. The first-order valence-corrected chi connectivity index (χ1v) is 8.31. The second-order valence-electron chi connectivity index (χ2n) is 8.05. The molecule has 1 nitrogen and oxygen atoms in total. The maximum absolute atomic E-state index is 3.94. The number of fused-ring (bicyclic) bond motifs is 1. The van der Waals surface area contributed by atoms with Gasteiger partial charge < -0.3 is 5.32 Å². The third kappa shape index (κ3) is 2.65. The molecule has 1 saturated carbocycles. The standard InChI is InChI=1S/C19H29N/c1-18(2)13-15-9-5-6-10-16(15)17(18)20-14-19(3)11-7-4-8-12-19/h5-6,9-10,17,20H,4,7-8,11-14H2,1-3H3. The smallest absolute Gasteiger partial charge is 0.0377 e. The molecule has 1 atom stereocenters. The number of rotatable bonds is 3. The minimum atomic E-state index is 0.342. The Kier molecular flexibility index (Phi) is 3.66. The quantitative estimate of drug-likeness (QED) is 0.827.